The van der Waals surface area contributed by atoms with Crippen molar-refractivity contribution < 1.29 is 19.5 Å². The van der Waals surface area contributed by atoms with Crippen LogP contribution in [0.15, 0.2) is 23.4 Å². The van der Waals surface area contributed by atoms with Gasteiger partial charge >= 0.3 is 5.97 Å². The summed E-state index contributed by atoms with van der Waals surface area (Å²) in [7, 11) is 0. The monoisotopic (exact) mass is 278 g/mol. The second-order valence-corrected chi connectivity index (χ2v) is 4.74. The summed E-state index contributed by atoms with van der Waals surface area (Å²) in [6.07, 6.45) is 0.127. The molecule has 6 nitrogen and oxygen atoms in total. The van der Waals surface area contributed by atoms with Gasteiger partial charge in [-0.15, -0.1) is 0 Å². The van der Waals surface area contributed by atoms with Crippen LogP contribution in [0.2, 0.25) is 0 Å². The van der Waals surface area contributed by atoms with Gasteiger partial charge in [0.25, 0.3) is 5.60 Å². The Hall–Kier alpha value is -2.08. The maximum Gasteiger partial charge on any atom is 0.352 e. The fraction of sp³-hybridized carbons (Fsp3) is 0.429. The number of aryl methyl sites for hydroxylation is 1. The molecular formula is C14H18N2O4. The number of carboxylic acids is 1. The molecule has 20 heavy (non-hydrogen) atoms. The molecule has 0 aliphatic carbocycles. The van der Waals surface area contributed by atoms with Gasteiger partial charge in [0, 0.05) is 18.5 Å². The van der Waals surface area contributed by atoms with Gasteiger partial charge < -0.3 is 20.4 Å². The number of nitrogens with two attached hydrogens (primary N) is 1. The van der Waals surface area contributed by atoms with Crippen LogP contribution in [-0.2, 0) is 9.63 Å². The van der Waals surface area contributed by atoms with Crippen LogP contribution in [0.1, 0.15) is 24.5 Å². The Bertz CT molecular complexity index is 556. The van der Waals surface area contributed by atoms with E-state index in [2.05, 4.69) is 5.16 Å². The molecule has 0 radical (unpaired) electrons. The van der Waals surface area contributed by atoms with Gasteiger partial charge in [-0.25, -0.2) is 4.79 Å². The maximum absolute atomic E-state index is 11.3. The van der Waals surface area contributed by atoms with E-state index >= 15 is 0 Å². The molecule has 0 fully saturated rings. The van der Waals surface area contributed by atoms with E-state index in [0.29, 0.717) is 18.1 Å². The van der Waals surface area contributed by atoms with Crippen molar-refractivity contribution in [1.82, 2.24) is 0 Å². The number of benzene rings is 1. The summed E-state index contributed by atoms with van der Waals surface area (Å²) in [5.74, 6) is -0.442. The molecule has 3 N–H and O–H groups in total. The topological polar surface area (TPSA) is 94.1 Å². The summed E-state index contributed by atoms with van der Waals surface area (Å²) >= 11 is 0. The molecule has 1 heterocycles. The molecule has 0 aromatic heterocycles. The minimum atomic E-state index is -1.47. The van der Waals surface area contributed by atoms with Gasteiger partial charge in [-0.1, -0.05) is 16.8 Å². The Morgan fingerprint density at radius 2 is 2.35 bits per heavy atom. The summed E-state index contributed by atoms with van der Waals surface area (Å²) in [5.41, 5.74) is 6.39. The van der Waals surface area contributed by atoms with Crippen LogP contribution in [0.3, 0.4) is 0 Å². The third-order valence-electron chi connectivity index (χ3n) is 3.25. The fourth-order valence-corrected chi connectivity index (χ4v) is 2.08. The van der Waals surface area contributed by atoms with Crippen molar-refractivity contribution in [3.63, 3.8) is 0 Å². The highest BCUT2D eigenvalue weighted by atomic mass is 16.7. The lowest BCUT2D eigenvalue weighted by Gasteiger charge is -2.19. The zero-order valence-electron chi connectivity index (χ0n) is 11.5. The maximum atomic E-state index is 11.3. The molecule has 1 aromatic carbocycles. The number of rotatable bonds is 5. The van der Waals surface area contributed by atoms with E-state index in [1.54, 1.807) is 0 Å². The zero-order valence-corrected chi connectivity index (χ0v) is 11.5. The number of hydrogen-bond acceptors (Lipinski definition) is 5. The lowest BCUT2D eigenvalue weighted by molar-refractivity contribution is -0.161. The lowest BCUT2D eigenvalue weighted by atomic mass is 9.93. The highest BCUT2D eigenvalue weighted by Gasteiger charge is 2.46. The number of ether oxygens (including phenoxy) is 1. The molecule has 1 atom stereocenters. The second kappa shape index (κ2) is 5.50. The summed E-state index contributed by atoms with van der Waals surface area (Å²) in [4.78, 5) is 16.4. The van der Waals surface area contributed by atoms with E-state index < -0.39 is 11.6 Å². The number of aliphatic carboxylic acids is 1. The van der Waals surface area contributed by atoms with Crippen molar-refractivity contribution in [2.45, 2.75) is 25.9 Å². The summed E-state index contributed by atoms with van der Waals surface area (Å²) in [6, 6.07) is 5.68. The molecule has 1 aliphatic rings. The average Bonchev–Trinajstić information content (AvgIpc) is 2.87. The van der Waals surface area contributed by atoms with Crippen molar-refractivity contribution in [3.8, 4) is 5.75 Å². The van der Waals surface area contributed by atoms with Gasteiger partial charge in [-0.3, -0.25) is 0 Å². The van der Waals surface area contributed by atoms with Crippen molar-refractivity contribution in [3.05, 3.63) is 29.3 Å². The van der Waals surface area contributed by atoms with Crippen LogP contribution in [0.5, 0.6) is 5.75 Å². The summed E-state index contributed by atoms with van der Waals surface area (Å²) in [6.45, 7) is 4.22. The van der Waals surface area contributed by atoms with Crippen LogP contribution in [0.25, 0.3) is 0 Å². The molecule has 0 spiro atoms. The standard InChI is InChI=1S/C14H18N2O4/c1-3-19-12-5-4-9(2)6-10(12)11-7-14(8-15,13(17)18)20-16-11/h4-6H,3,7-8,15H2,1-2H3,(H,17,18). The van der Waals surface area contributed by atoms with E-state index in [0.717, 1.165) is 11.1 Å². The third kappa shape index (κ3) is 2.46. The van der Waals surface area contributed by atoms with E-state index in [9.17, 15) is 9.90 Å². The third-order valence-corrected chi connectivity index (χ3v) is 3.25. The first-order valence-corrected chi connectivity index (χ1v) is 6.44. The minimum absolute atomic E-state index is 0.127. The van der Waals surface area contributed by atoms with E-state index in [1.807, 2.05) is 32.0 Å². The van der Waals surface area contributed by atoms with Crippen molar-refractivity contribution in [1.29, 1.82) is 0 Å². The molecule has 0 amide bonds. The predicted molar refractivity (Wildman–Crippen MR) is 74.0 cm³/mol. The van der Waals surface area contributed by atoms with Crippen LogP contribution < -0.4 is 10.5 Å². The number of nitrogens with zero attached hydrogens (tertiary/aromatic N) is 1. The highest BCUT2D eigenvalue weighted by Crippen LogP contribution is 2.31. The van der Waals surface area contributed by atoms with E-state index in [-0.39, 0.29) is 13.0 Å². The first-order chi connectivity index (χ1) is 9.52. The van der Waals surface area contributed by atoms with Crippen molar-refractivity contribution in [2.75, 3.05) is 13.2 Å². The number of carbonyl (C=O) groups is 1. The van der Waals surface area contributed by atoms with Crippen LogP contribution >= 0.6 is 0 Å². The molecule has 2 rings (SSSR count). The number of hydrogen-bond donors (Lipinski definition) is 2. The zero-order chi connectivity index (χ0) is 14.8. The molecule has 0 bridgehead atoms. The Labute approximate surface area is 117 Å². The molecule has 1 unspecified atom stereocenters. The van der Waals surface area contributed by atoms with Gasteiger partial charge in [-0.2, -0.15) is 0 Å². The Kier molecular flexibility index (Phi) is 3.94. The predicted octanol–water partition coefficient (Wildman–Crippen LogP) is 1.30. The lowest BCUT2D eigenvalue weighted by Crippen LogP contribution is -2.46. The van der Waals surface area contributed by atoms with Crippen molar-refractivity contribution >= 4 is 11.7 Å². The van der Waals surface area contributed by atoms with Gasteiger partial charge in [0.1, 0.15) is 5.75 Å². The molecule has 0 saturated carbocycles. The number of oxime groups is 1. The molecular weight excluding hydrogens is 260 g/mol. The van der Waals surface area contributed by atoms with Crippen LogP contribution in [0, 0.1) is 6.92 Å². The second-order valence-electron chi connectivity index (χ2n) is 4.74. The smallest absolute Gasteiger partial charge is 0.352 e. The fourth-order valence-electron chi connectivity index (χ4n) is 2.08. The summed E-state index contributed by atoms with van der Waals surface area (Å²) in [5, 5.41) is 13.2. The largest absolute Gasteiger partial charge is 0.493 e. The molecule has 1 aromatic rings. The normalized spacial score (nSPS) is 21.2. The van der Waals surface area contributed by atoms with Gasteiger partial charge in [0.15, 0.2) is 0 Å². The SMILES string of the molecule is CCOc1ccc(C)cc1C1=NOC(CN)(C(=O)O)C1. The minimum Gasteiger partial charge on any atom is -0.493 e. The van der Waals surface area contributed by atoms with E-state index in [4.69, 9.17) is 15.3 Å². The van der Waals surface area contributed by atoms with Gasteiger partial charge in [-0.05, 0) is 26.0 Å². The first-order valence-electron chi connectivity index (χ1n) is 6.44. The first kappa shape index (κ1) is 14.3. The molecule has 0 saturated heterocycles. The highest BCUT2D eigenvalue weighted by molar-refractivity contribution is 6.06. The quantitative estimate of drug-likeness (QED) is 0.846. The Balaban J connectivity index is 2.34. The van der Waals surface area contributed by atoms with E-state index in [1.165, 1.54) is 0 Å². The van der Waals surface area contributed by atoms with Gasteiger partial charge in [0.2, 0.25) is 0 Å². The van der Waals surface area contributed by atoms with Crippen LogP contribution in [0.4, 0.5) is 0 Å². The molecule has 1 aliphatic heterocycles. The molecule has 6 heteroatoms. The van der Waals surface area contributed by atoms with Crippen molar-refractivity contribution in [2.24, 2.45) is 10.9 Å². The Morgan fingerprint density at radius 3 is 2.90 bits per heavy atom. The number of carboxylic acid groups (broad SMARTS) is 1. The Morgan fingerprint density at radius 1 is 1.60 bits per heavy atom. The van der Waals surface area contributed by atoms with Gasteiger partial charge in [0.05, 0.1) is 12.3 Å². The summed E-state index contributed by atoms with van der Waals surface area (Å²) < 4.78 is 5.55. The average molecular weight is 278 g/mol. The van der Waals surface area contributed by atoms with Crippen LogP contribution in [-0.4, -0.2) is 35.5 Å². The molecule has 108 valence electrons.